The number of imide groups is 1. The van der Waals surface area contributed by atoms with Crippen LogP contribution < -0.4 is 11.1 Å². The fraction of sp³-hybridized carbons (Fsp3) is 0.200. The highest BCUT2D eigenvalue weighted by molar-refractivity contribution is 5.99. The van der Waals surface area contributed by atoms with Gasteiger partial charge in [-0.2, -0.15) is 0 Å². The summed E-state index contributed by atoms with van der Waals surface area (Å²) in [5, 5.41) is 1.86. The van der Waals surface area contributed by atoms with Crippen LogP contribution in [0.25, 0.3) is 0 Å². The molecular formula is C5H8N2O2. The van der Waals surface area contributed by atoms with Crippen LogP contribution in [0.15, 0.2) is 12.2 Å². The lowest BCUT2D eigenvalue weighted by Crippen LogP contribution is -2.33. The molecule has 0 saturated carbocycles. The van der Waals surface area contributed by atoms with Crippen molar-refractivity contribution in [3.63, 3.8) is 0 Å². The smallest absolute Gasteiger partial charge is 0.319 e. The largest absolute Gasteiger partial charge is 0.351 e. The molecule has 0 fully saturated rings. The average molecular weight is 128 g/mol. The van der Waals surface area contributed by atoms with Gasteiger partial charge in [0, 0.05) is 0 Å². The molecule has 0 aliphatic carbocycles. The number of hydrogen-bond donors (Lipinski definition) is 2. The fourth-order valence-electron chi connectivity index (χ4n) is 0.314. The van der Waals surface area contributed by atoms with Crippen molar-refractivity contribution >= 4 is 11.9 Å². The van der Waals surface area contributed by atoms with E-state index in [4.69, 9.17) is 0 Å². The molecule has 0 atom stereocenters. The number of rotatable bonds is 1. The standard InChI is InChI=1S/C5H8N2O2/c1-2-3-4(8)7-5(6)9/h2-3H,1H3,(H3,6,7,8,9). The number of carbonyl (C=O) groups is 2. The second-order valence-corrected chi connectivity index (χ2v) is 1.35. The number of allylic oxidation sites excluding steroid dienone is 1. The minimum atomic E-state index is -0.835. The Morgan fingerprint density at radius 3 is 2.44 bits per heavy atom. The Hall–Kier alpha value is -1.32. The van der Waals surface area contributed by atoms with E-state index in [2.05, 4.69) is 5.73 Å². The average Bonchev–Trinajstić information content (AvgIpc) is 1.63. The van der Waals surface area contributed by atoms with E-state index < -0.39 is 11.9 Å². The predicted molar refractivity (Wildman–Crippen MR) is 32.5 cm³/mol. The lowest BCUT2D eigenvalue weighted by atomic mass is 10.5. The highest BCUT2D eigenvalue weighted by Crippen LogP contribution is 1.69. The normalized spacial score (nSPS) is 9.44. The van der Waals surface area contributed by atoms with Gasteiger partial charge in [-0.15, -0.1) is 0 Å². The van der Waals surface area contributed by atoms with E-state index in [1.807, 2.05) is 5.32 Å². The molecule has 0 aromatic rings. The molecule has 3 N–H and O–H groups in total. The summed E-state index contributed by atoms with van der Waals surface area (Å²) in [6.45, 7) is 1.67. The van der Waals surface area contributed by atoms with E-state index >= 15 is 0 Å². The van der Waals surface area contributed by atoms with Gasteiger partial charge in [0.25, 0.3) is 5.91 Å². The first-order valence-electron chi connectivity index (χ1n) is 2.40. The Kier molecular flexibility index (Phi) is 3.12. The zero-order valence-electron chi connectivity index (χ0n) is 5.05. The maximum Gasteiger partial charge on any atom is 0.319 e. The maximum atomic E-state index is 10.4. The van der Waals surface area contributed by atoms with E-state index in [0.29, 0.717) is 0 Å². The van der Waals surface area contributed by atoms with E-state index in [-0.39, 0.29) is 0 Å². The zero-order chi connectivity index (χ0) is 7.28. The van der Waals surface area contributed by atoms with Crippen LogP contribution in [-0.4, -0.2) is 11.9 Å². The third kappa shape index (κ3) is 4.53. The number of amides is 3. The molecule has 0 saturated heterocycles. The minimum absolute atomic E-state index is 0.495. The fourth-order valence-corrected chi connectivity index (χ4v) is 0.314. The molecular weight excluding hydrogens is 120 g/mol. The van der Waals surface area contributed by atoms with Crippen LogP contribution in [0.4, 0.5) is 4.79 Å². The van der Waals surface area contributed by atoms with Crippen LogP contribution >= 0.6 is 0 Å². The minimum Gasteiger partial charge on any atom is -0.351 e. The van der Waals surface area contributed by atoms with Crippen LogP contribution in [0.3, 0.4) is 0 Å². The Morgan fingerprint density at radius 2 is 2.11 bits per heavy atom. The van der Waals surface area contributed by atoms with Gasteiger partial charge in [-0.1, -0.05) is 6.08 Å². The van der Waals surface area contributed by atoms with Crippen LogP contribution in [-0.2, 0) is 4.79 Å². The van der Waals surface area contributed by atoms with Gasteiger partial charge in [0.2, 0.25) is 0 Å². The maximum absolute atomic E-state index is 10.4. The second kappa shape index (κ2) is 3.65. The third-order valence-electron chi connectivity index (χ3n) is 0.564. The summed E-state index contributed by atoms with van der Waals surface area (Å²) >= 11 is 0. The lowest BCUT2D eigenvalue weighted by molar-refractivity contribution is -0.115. The molecule has 0 aromatic carbocycles. The van der Waals surface area contributed by atoms with Gasteiger partial charge >= 0.3 is 6.03 Å². The molecule has 0 aromatic heterocycles. The molecule has 0 unspecified atom stereocenters. The summed E-state index contributed by atoms with van der Waals surface area (Å²) < 4.78 is 0. The van der Waals surface area contributed by atoms with Crippen molar-refractivity contribution in [1.29, 1.82) is 0 Å². The summed E-state index contributed by atoms with van der Waals surface area (Å²) in [6.07, 6.45) is 2.73. The first-order valence-corrected chi connectivity index (χ1v) is 2.40. The van der Waals surface area contributed by atoms with Crippen molar-refractivity contribution in [2.45, 2.75) is 6.92 Å². The van der Waals surface area contributed by atoms with Crippen molar-refractivity contribution < 1.29 is 9.59 Å². The van der Waals surface area contributed by atoms with Gasteiger partial charge in [-0.25, -0.2) is 4.79 Å². The first-order chi connectivity index (χ1) is 4.16. The van der Waals surface area contributed by atoms with Gasteiger partial charge in [-0.3, -0.25) is 10.1 Å². The SMILES string of the molecule is CC=CC(=O)NC(N)=O. The van der Waals surface area contributed by atoms with Gasteiger partial charge in [0.1, 0.15) is 0 Å². The van der Waals surface area contributed by atoms with E-state index in [1.165, 1.54) is 12.2 Å². The summed E-state index contributed by atoms with van der Waals surface area (Å²) in [5.41, 5.74) is 4.62. The monoisotopic (exact) mass is 128 g/mol. The molecule has 0 spiro atoms. The van der Waals surface area contributed by atoms with Gasteiger partial charge in [0.05, 0.1) is 0 Å². The van der Waals surface area contributed by atoms with Crippen LogP contribution in [0.2, 0.25) is 0 Å². The number of nitrogens with two attached hydrogens (primary N) is 1. The molecule has 0 aliphatic heterocycles. The Bertz CT molecular complexity index is 151. The Morgan fingerprint density at radius 1 is 1.56 bits per heavy atom. The van der Waals surface area contributed by atoms with Crippen LogP contribution in [0.5, 0.6) is 0 Å². The molecule has 4 heteroatoms. The van der Waals surface area contributed by atoms with E-state index in [9.17, 15) is 9.59 Å². The lowest BCUT2D eigenvalue weighted by Gasteiger charge is -1.90. The number of primary amides is 1. The molecule has 50 valence electrons. The van der Waals surface area contributed by atoms with Crippen molar-refractivity contribution in [2.75, 3.05) is 0 Å². The number of urea groups is 1. The molecule has 0 heterocycles. The Balaban J connectivity index is 3.64. The number of hydrogen-bond acceptors (Lipinski definition) is 2. The predicted octanol–water partition coefficient (Wildman–Crippen LogP) is -0.243. The number of carbonyl (C=O) groups excluding carboxylic acids is 2. The molecule has 9 heavy (non-hydrogen) atoms. The quantitative estimate of drug-likeness (QED) is 0.478. The van der Waals surface area contributed by atoms with Crippen molar-refractivity contribution in [3.05, 3.63) is 12.2 Å². The summed E-state index contributed by atoms with van der Waals surface area (Å²) in [7, 11) is 0. The van der Waals surface area contributed by atoms with Crippen LogP contribution in [0.1, 0.15) is 6.92 Å². The van der Waals surface area contributed by atoms with E-state index in [1.54, 1.807) is 6.92 Å². The highest BCUT2D eigenvalue weighted by atomic mass is 16.2. The second-order valence-electron chi connectivity index (χ2n) is 1.35. The van der Waals surface area contributed by atoms with E-state index in [0.717, 1.165) is 0 Å². The summed E-state index contributed by atoms with van der Waals surface area (Å²) in [5.74, 6) is -0.495. The topological polar surface area (TPSA) is 72.2 Å². The molecule has 0 bridgehead atoms. The summed E-state index contributed by atoms with van der Waals surface area (Å²) in [4.78, 5) is 20.3. The molecule has 0 aliphatic rings. The van der Waals surface area contributed by atoms with Gasteiger partial charge in [0.15, 0.2) is 0 Å². The molecule has 0 radical (unpaired) electrons. The van der Waals surface area contributed by atoms with Crippen LogP contribution in [0, 0.1) is 0 Å². The first kappa shape index (κ1) is 7.68. The molecule has 4 nitrogen and oxygen atoms in total. The molecule has 0 rings (SSSR count). The van der Waals surface area contributed by atoms with Gasteiger partial charge < -0.3 is 5.73 Å². The van der Waals surface area contributed by atoms with Crippen molar-refractivity contribution in [2.24, 2.45) is 5.73 Å². The summed E-state index contributed by atoms with van der Waals surface area (Å²) in [6, 6.07) is -0.835. The molecule has 3 amide bonds. The Labute approximate surface area is 52.7 Å². The van der Waals surface area contributed by atoms with Gasteiger partial charge in [-0.05, 0) is 13.0 Å². The highest BCUT2D eigenvalue weighted by Gasteiger charge is 1.95. The third-order valence-corrected chi connectivity index (χ3v) is 0.564. The van der Waals surface area contributed by atoms with Crippen molar-refractivity contribution in [1.82, 2.24) is 5.32 Å². The zero-order valence-corrected chi connectivity index (χ0v) is 5.05. The van der Waals surface area contributed by atoms with Crippen molar-refractivity contribution in [3.8, 4) is 0 Å². The number of nitrogens with one attached hydrogen (secondary N) is 1.